The van der Waals surface area contributed by atoms with Gasteiger partial charge in [0.1, 0.15) is 17.3 Å². The van der Waals surface area contributed by atoms with Crippen molar-refractivity contribution >= 4 is 52.4 Å². The maximum atomic E-state index is 13.7. The van der Waals surface area contributed by atoms with E-state index in [4.69, 9.17) is 11.6 Å². The van der Waals surface area contributed by atoms with Gasteiger partial charge in [-0.05, 0) is 52.7 Å². The predicted octanol–water partition coefficient (Wildman–Crippen LogP) is 5.56. The van der Waals surface area contributed by atoms with Crippen LogP contribution in [0.5, 0.6) is 0 Å². The first-order valence-corrected chi connectivity index (χ1v) is 11.5. The summed E-state index contributed by atoms with van der Waals surface area (Å²) in [5, 5.41) is 5.13. The molecule has 2 atom stereocenters. The van der Waals surface area contributed by atoms with Gasteiger partial charge in [0.15, 0.2) is 0 Å². The van der Waals surface area contributed by atoms with Crippen LogP contribution in [0.25, 0.3) is 16.2 Å². The number of fused-ring (bicyclic) bond motifs is 1. The van der Waals surface area contributed by atoms with E-state index in [-0.39, 0.29) is 5.56 Å². The highest BCUT2D eigenvalue weighted by Crippen LogP contribution is 2.54. The lowest BCUT2D eigenvalue weighted by atomic mass is 10.1. The first-order chi connectivity index (χ1) is 13.2. The number of nitrogens with one attached hydrogen (secondary N) is 1. The molecule has 146 valence electrons. The third kappa shape index (κ3) is 4.50. The number of carbonyl (C=O) groups excluding carboxylic acids is 1. The fourth-order valence-corrected chi connectivity index (χ4v) is 5.26. The Morgan fingerprint density at radius 1 is 1.29 bits per heavy atom. The molecule has 0 aliphatic heterocycles. The van der Waals surface area contributed by atoms with Crippen LogP contribution in [0.15, 0.2) is 48.0 Å². The van der Waals surface area contributed by atoms with Crippen molar-refractivity contribution in [3.8, 4) is 0 Å². The summed E-state index contributed by atoms with van der Waals surface area (Å²) in [5.74, 6) is -2.22. The Balaban J connectivity index is 1.89. The Morgan fingerprint density at radius 2 is 2.04 bits per heavy atom. The smallest absolute Gasteiger partial charge is 0.241 e. The highest BCUT2D eigenvalue weighted by atomic mass is 35.5. The highest BCUT2D eigenvalue weighted by molar-refractivity contribution is 7.58. The number of rotatable bonds is 5. The second-order valence-corrected chi connectivity index (χ2v) is 9.94. The second kappa shape index (κ2) is 8.13. The zero-order valence-electron chi connectivity index (χ0n) is 14.5. The van der Waals surface area contributed by atoms with Crippen molar-refractivity contribution in [2.75, 3.05) is 6.66 Å². The molecular formula is C19H15ClF2NO3PS. The van der Waals surface area contributed by atoms with Crippen molar-refractivity contribution < 1.29 is 23.0 Å². The Labute approximate surface area is 168 Å². The summed E-state index contributed by atoms with van der Waals surface area (Å²) < 4.78 is 39.9. The lowest BCUT2D eigenvalue weighted by Gasteiger charge is -2.18. The van der Waals surface area contributed by atoms with E-state index in [2.05, 4.69) is 5.32 Å². The summed E-state index contributed by atoms with van der Waals surface area (Å²) in [6, 6.07) is 8.14. The Kier molecular flexibility index (Phi) is 6.01. The topological polar surface area (TPSA) is 66.4 Å². The fourth-order valence-electron chi connectivity index (χ4n) is 2.78. The Morgan fingerprint density at radius 3 is 2.71 bits per heavy atom. The zero-order chi connectivity index (χ0) is 20.5. The molecule has 3 aromatic rings. The van der Waals surface area contributed by atoms with Gasteiger partial charge < -0.3 is 10.2 Å². The van der Waals surface area contributed by atoms with E-state index >= 15 is 0 Å². The van der Waals surface area contributed by atoms with Crippen LogP contribution in [0.1, 0.15) is 16.8 Å². The molecular weight excluding hydrogens is 427 g/mol. The molecule has 0 radical (unpaired) electrons. The summed E-state index contributed by atoms with van der Waals surface area (Å²) in [6.07, 6.45) is 2.40. The predicted molar refractivity (Wildman–Crippen MR) is 109 cm³/mol. The van der Waals surface area contributed by atoms with Crippen LogP contribution in [0, 0.1) is 11.6 Å². The quantitative estimate of drug-likeness (QED) is 0.509. The molecule has 2 unspecified atom stereocenters. The normalized spacial score (nSPS) is 14.9. The van der Waals surface area contributed by atoms with Gasteiger partial charge in [-0.15, -0.1) is 11.3 Å². The molecule has 2 N–H and O–H groups in total. The first kappa shape index (κ1) is 20.7. The SMILES string of the molecule is CP(=O)(O)C(C(=O)NC=Cc1ccc(F)cc1F)c1csc2ccc(Cl)cc12. The minimum Gasteiger partial charge on any atom is -0.344 e. The van der Waals surface area contributed by atoms with Crippen molar-refractivity contribution in [3.05, 3.63) is 75.8 Å². The van der Waals surface area contributed by atoms with Gasteiger partial charge in [0, 0.05) is 34.2 Å². The maximum absolute atomic E-state index is 13.7. The Hall–Kier alpha value is -2.05. The largest absolute Gasteiger partial charge is 0.344 e. The van der Waals surface area contributed by atoms with Crippen LogP contribution in [0.3, 0.4) is 0 Å². The molecule has 0 aliphatic rings. The number of hydrogen-bond donors (Lipinski definition) is 2. The van der Waals surface area contributed by atoms with Gasteiger partial charge >= 0.3 is 0 Å². The third-order valence-electron chi connectivity index (χ3n) is 4.04. The lowest BCUT2D eigenvalue weighted by Crippen LogP contribution is -2.25. The lowest BCUT2D eigenvalue weighted by molar-refractivity contribution is -0.120. The average molecular weight is 442 g/mol. The second-order valence-electron chi connectivity index (χ2n) is 6.19. The van der Waals surface area contributed by atoms with Gasteiger partial charge in [-0.1, -0.05) is 11.6 Å². The van der Waals surface area contributed by atoms with Gasteiger partial charge in [0.25, 0.3) is 0 Å². The molecule has 9 heteroatoms. The fraction of sp³-hybridized carbons (Fsp3) is 0.105. The molecule has 2 aromatic carbocycles. The number of hydrogen-bond acceptors (Lipinski definition) is 3. The highest BCUT2D eigenvalue weighted by Gasteiger charge is 2.36. The van der Waals surface area contributed by atoms with Gasteiger partial charge in [-0.3, -0.25) is 9.36 Å². The zero-order valence-corrected chi connectivity index (χ0v) is 17.0. The molecule has 0 aliphatic carbocycles. The molecule has 0 spiro atoms. The van der Waals surface area contributed by atoms with Gasteiger partial charge in [-0.25, -0.2) is 8.78 Å². The van der Waals surface area contributed by atoms with Crippen molar-refractivity contribution in [2.45, 2.75) is 5.66 Å². The summed E-state index contributed by atoms with van der Waals surface area (Å²) in [4.78, 5) is 22.8. The van der Waals surface area contributed by atoms with E-state index in [9.17, 15) is 23.0 Å². The van der Waals surface area contributed by atoms with E-state index in [1.807, 2.05) is 0 Å². The third-order valence-corrected chi connectivity index (χ3v) is 6.73. The van der Waals surface area contributed by atoms with E-state index in [0.29, 0.717) is 16.0 Å². The van der Waals surface area contributed by atoms with Crippen molar-refractivity contribution in [3.63, 3.8) is 0 Å². The van der Waals surface area contributed by atoms with Gasteiger partial charge in [-0.2, -0.15) is 0 Å². The van der Waals surface area contributed by atoms with E-state index in [0.717, 1.165) is 29.7 Å². The van der Waals surface area contributed by atoms with Crippen molar-refractivity contribution in [1.29, 1.82) is 0 Å². The minimum absolute atomic E-state index is 0.0645. The first-order valence-electron chi connectivity index (χ1n) is 8.05. The molecule has 4 nitrogen and oxygen atoms in total. The van der Waals surface area contributed by atoms with Crippen LogP contribution < -0.4 is 5.32 Å². The summed E-state index contributed by atoms with van der Waals surface area (Å²) in [7, 11) is -3.87. The number of amides is 1. The maximum Gasteiger partial charge on any atom is 0.241 e. The number of halogens is 3. The monoisotopic (exact) mass is 441 g/mol. The van der Waals surface area contributed by atoms with Crippen LogP contribution in [0.4, 0.5) is 8.78 Å². The van der Waals surface area contributed by atoms with Crippen LogP contribution in [-0.2, 0) is 9.36 Å². The van der Waals surface area contributed by atoms with Crippen LogP contribution in [-0.4, -0.2) is 17.5 Å². The summed E-state index contributed by atoms with van der Waals surface area (Å²) in [6.45, 7) is 1.11. The molecule has 0 saturated carbocycles. The molecule has 0 saturated heterocycles. The number of benzene rings is 2. The van der Waals surface area contributed by atoms with E-state index in [1.165, 1.54) is 23.5 Å². The van der Waals surface area contributed by atoms with Crippen molar-refractivity contribution in [2.24, 2.45) is 0 Å². The Bertz CT molecular complexity index is 1130. The van der Waals surface area contributed by atoms with E-state index in [1.54, 1.807) is 23.6 Å². The average Bonchev–Trinajstić information content (AvgIpc) is 2.98. The number of thiophene rings is 1. The minimum atomic E-state index is -3.87. The summed E-state index contributed by atoms with van der Waals surface area (Å²) >= 11 is 7.36. The molecule has 1 heterocycles. The molecule has 1 amide bonds. The van der Waals surface area contributed by atoms with Crippen molar-refractivity contribution in [1.82, 2.24) is 5.32 Å². The van der Waals surface area contributed by atoms with Gasteiger partial charge in [0.05, 0.1) is 0 Å². The van der Waals surface area contributed by atoms with Crippen LogP contribution >= 0.6 is 30.3 Å². The molecule has 0 fully saturated rings. The molecule has 1 aromatic heterocycles. The summed E-state index contributed by atoms with van der Waals surface area (Å²) in [5.41, 5.74) is -0.855. The van der Waals surface area contributed by atoms with Gasteiger partial charge in [0.2, 0.25) is 13.3 Å². The van der Waals surface area contributed by atoms with E-state index < -0.39 is 30.6 Å². The van der Waals surface area contributed by atoms with Crippen LogP contribution in [0.2, 0.25) is 5.02 Å². The molecule has 28 heavy (non-hydrogen) atoms. The number of carbonyl (C=O) groups is 1. The molecule has 0 bridgehead atoms. The standard InChI is InChI=1S/C19H15ClF2NO3PS/c1-27(25,26)18(15-10-28-17-5-3-12(20)8-14(15)17)19(24)23-7-6-11-2-4-13(21)9-16(11)22/h2-10,18H,1H3,(H,23,24)(H,25,26). The molecule has 3 rings (SSSR count).